The Morgan fingerprint density at radius 3 is 2.25 bits per heavy atom. The standard InChI is InChI=1S/C15H34N2O2Si/c1-4-13-18-20(19-14-5-2)15(3)7-6-10-17-11-8-16-9-12-17/h15-16,20H,4-14H2,1-3H3. The molecule has 120 valence electrons. The van der Waals surface area contributed by atoms with E-state index in [0.717, 1.165) is 39.1 Å². The number of piperazine rings is 1. The lowest BCUT2D eigenvalue weighted by Gasteiger charge is -2.28. The highest BCUT2D eigenvalue weighted by Crippen LogP contribution is 2.19. The van der Waals surface area contributed by atoms with Crippen LogP contribution in [-0.4, -0.2) is 60.1 Å². The van der Waals surface area contributed by atoms with Crippen molar-refractivity contribution in [1.82, 2.24) is 10.2 Å². The maximum atomic E-state index is 5.99. The zero-order valence-corrected chi connectivity index (χ0v) is 14.9. The smallest absolute Gasteiger partial charge is 0.324 e. The van der Waals surface area contributed by atoms with Crippen LogP contribution in [0.1, 0.15) is 46.5 Å². The summed E-state index contributed by atoms with van der Waals surface area (Å²) in [6.07, 6.45) is 4.70. The summed E-state index contributed by atoms with van der Waals surface area (Å²) in [5.41, 5.74) is 0.621. The van der Waals surface area contributed by atoms with Crippen molar-refractivity contribution in [3.63, 3.8) is 0 Å². The lowest BCUT2D eigenvalue weighted by atomic mass is 10.2. The lowest BCUT2D eigenvalue weighted by molar-refractivity contribution is 0.185. The third-order valence-electron chi connectivity index (χ3n) is 3.78. The van der Waals surface area contributed by atoms with Crippen LogP contribution in [-0.2, 0) is 8.85 Å². The summed E-state index contributed by atoms with van der Waals surface area (Å²) in [6, 6.07) is 0. The Balaban J connectivity index is 2.19. The van der Waals surface area contributed by atoms with Gasteiger partial charge < -0.3 is 19.1 Å². The molecule has 0 aromatic rings. The third kappa shape index (κ3) is 7.74. The van der Waals surface area contributed by atoms with Gasteiger partial charge in [-0.25, -0.2) is 0 Å². The first kappa shape index (κ1) is 18.1. The van der Waals surface area contributed by atoms with Crippen molar-refractivity contribution in [3.8, 4) is 0 Å². The second kappa shape index (κ2) is 11.7. The summed E-state index contributed by atoms with van der Waals surface area (Å²) >= 11 is 0. The van der Waals surface area contributed by atoms with Gasteiger partial charge in [0.25, 0.3) is 0 Å². The Hall–Kier alpha value is 0.0569. The molecule has 1 aliphatic rings. The van der Waals surface area contributed by atoms with E-state index in [2.05, 4.69) is 31.0 Å². The molecule has 1 saturated heterocycles. The van der Waals surface area contributed by atoms with Crippen LogP contribution in [0.2, 0.25) is 5.54 Å². The first-order valence-corrected chi connectivity index (χ1v) is 10.0. The summed E-state index contributed by atoms with van der Waals surface area (Å²) in [7, 11) is -1.47. The fourth-order valence-electron chi connectivity index (χ4n) is 2.55. The predicted molar refractivity (Wildman–Crippen MR) is 87.6 cm³/mol. The van der Waals surface area contributed by atoms with Gasteiger partial charge in [-0.2, -0.15) is 0 Å². The average molecular weight is 303 g/mol. The second-order valence-corrected chi connectivity index (χ2v) is 8.36. The molecule has 1 aliphatic heterocycles. The Bertz CT molecular complexity index is 218. The maximum absolute atomic E-state index is 5.99. The van der Waals surface area contributed by atoms with E-state index in [1.54, 1.807) is 0 Å². The fraction of sp³-hybridized carbons (Fsp3) is 1.00. The van der Waals surface area contributed by atoms with Crippen molar-refractivity contribution in [1.29, 1.82) is 0 Å². The second-order valence-electron chi connectivity index (χ2n) is 5.82. The summed E-state index contributed by atoms with van der Waals surface area (Å²) < 4.78 is 12.0. The van der Waals surface area contributed by atoms with E-state index in [-0.39, 0.29) is 0 Å². The van der Waals surface area contributed by atoms with Crippen LogP contribution in [0, 0.1) is 0 Å². The van der Waals surface area contributed by atoms with Gasteiger partial charge in [0, 0.05) is 39.4 Å². The summed E-state index contributed by atoms with van der Waals surface area (Å²) in [5, 5.41) is 3.40. The highest BCUT2D eigenvalue weighted by atomic mass is 28.3. The molecule has 0 amide bonds. The lowest BCUT2D eigenvalue weighted by Crippen LogP contribution is -2.43. The molecule has 5 heteroatoms. The largest absolute Gasteiger partial charge is 0.396 e. The Morgan fingerprint density at radius 1 is 1.10 bits per heavy atom. The molecule has 0 radical (unpaired) electrons. The molecule has 20 heavy (non-hydrogen) atoms. The minimum absolute atomic E-state index is 0.621. The van der Waals surface area contributed by atoms with Crippen LogP contribution in [0.15, 0.2) is 0 Å². The highest BCUT2D eigenvalue weighted by molar-refractivity contribution is 6.46. The fourth-order valence-corrected chi connectivity index (χ4v) is 4.75. The highest BCUT2D eigenvalue weighted by Gasteiger charge is 2.22. The van der Waals surface area contributed by atoms with Crippen LogP contribution >= 0.6 is 0 Å². The number of hydrogen-bond donors (Lipinski definition) is 1. The van der Waals surface area contributed by atoms with Gasteiger partial charge in [0.05, 0.1) is 0 Å². The van der Waals surface area contributed by atoms with Crippen molar-refractivity contribution < 1.29 is 8.85 Å². The summed E-state index contributed by atoms with van der Waals surface area (Å²) in [5.74, 6) is 0. The molecular formula is C15H34N2O2Si. The SMILES string of the molecule is CCCO[SiH](OCCC)C(C)CCCN1CCNCC1. The average Bonchev–Trinajstić information content (AvgIpc) is 2.48. The van der Waals surface area contributed by atoms with Gasteiger partial charge in [-0.05, 0) is 37.8 Å². The van der Waals surface area contributed by atoms with E-state index in [9.17, 15) is 0 Å². The Morgan fingerprint density at radius 2 is 1.70 bits per heavy atom. The van der Waals surface area contributed by atoms with Crippen molar-refractivity contribution in [3.05, 3.63) is 0 Å². The molecule has 0 saturated carbocycles. The minimum atomic E-state index is -1.47. The Labute approximate surface area is 127 Å². The molecule has 0 aromatic heterocycles. The van der Waals surface area contributed by atoms with Crippen LogP contribution in [0.5, 0.6) is 0 Å². The zero-order valence-electron chi connectivity index (χ0n) is 13.7. The predicted octanol–water partition coefficient (Wildman–Crippen LogP) is 2.14. The molecule has 1 fully saturated rings. The third-order valence-corrected chi connectivity index (χ3v) is 6.17. The molecule has 0 bridgehead atoms. The minimum Gasteiger partial charge on any atom is -0.396 e. The monoisotopic (exact) mass is 302 g/mol. The summed E-state index contributed by atoms with van der Waals surface area (Å²) in [4.78, 5) is 2.57. The van der Waals surface area contributed by atoms with E-state index in [1.165, 1.54) is 32.5 Å². The normalized spacial score (nSPS) is 18.6. The van der Waals surface area contributed by atoms with Gasteiger partial charge in [-0.3, -0.25) is 0 Å². The molecular weight excluding hydrogens is 268 g/mol. The van der Waals surface area contributed by atoms with Gasteiger partial charge in [0.1, 0.15) is 0 Å². The molecule has 1 atom stereocenters. The van der Waals surface area contributed by atoms with Gasteiger partial charge in [0.2, 0.25) is 0 Å². The van der Waals surface area contributed by atoms with E-state index in [0.29, 0.717) is 5.54 Å². The number of nitrogens with one attached hydrogen (secondary N) is 1. The number of hydrogen-bond acceptors (Lipinski definition) is 4. The zero-order chi connectivity index (χ0) is 14.6. The first-order chi connectivity index (χ1) is 9.77. The van der Waals surface area contributed by atoms with E-state index in [1.807, 2.05) is 0 Å². The first-order valence-electron chi connectivity index (χ1n) is 8.44. The van der Waals surface area contributed by atoms with Crippen LogP contribution < -0.4 is 5.32 Å². The van der Waals surface area contributed by atoms with Crippen LogP contribution in [0.25, 0.3) is 0 Å². The van der Waals surface area contributed by atoms with Crippen LogP contribution in [0.3, 0.4) is 0 Å². The molecule has 1 unspecified atom stereocenters. The molecule has 0 spiro atoms. The van der Waals surface area contributed by atoms with E-state index >= 15 is 0 Å². The quantitative estimate of drug-likeness (QED) is 0.593. The van der Waals surface area contributed by atoms with Gasteiger partial charge in [0.15, 0.2) is 0 Å². The van der Waals surface area contributed by atoms with Gasteiger partial charge in [-0.1, -0.05) is 20.8 Å². The van der Waals surface area contributed by atoms with Crippen molar-refractivity contribution >= 4 is 9.28 Å². The van der Waals surface area contributed by atoms with E-state index in [4.69, 9.17) is 8.85 Å². The van der Waals surface area contributed by atoms with Gasteiger partial charge >= 0.3 is 9.28 Å². The van der Waals surface area contributed by atoms with Crippen LogP contribution in [0.4, 0.5) is 0 Å². The number of rotatable bonds is 11. The van der Waals surface area contributed by atoms with Crippen molar-refractivity contribution in [2.75, 3.05) is 45.9 Å². The van der Waals surface area contributed by atoms with Gasteiger partial charge in [-0.15, -0.1) is 0 Å². The molecule has 1 rings (SSSR count). The molecule has 1 heterocycles. The molecule has 0 aliphatic carbocycles. The van der Waals surface area contributed by atoms with E-state index < -0.39 is 9.28 Å². The number of nitrogens with zero attached hydrogens (tertiary/aromatic N) is 1. The maximum Gasteiger partial charge on any atom is 0.324 e. The topological polar surface area (TPSA) is 33.7 Å². The van der Waals surface area contributed by atoms with Crippen molar-refractivity contribution in [2.24, 2.45) is 0 Å². The molecule has 4 nitrogen and oxygen atoms in total. The summed E-state index contributed by atoms with van der Waals surface area (Å²) in [6.45, 7) is 14.3. The molecule has 1 N–H and O–H groups in total. The molecule has 0 aromatic carbocycles. The van der Waals surface area contributed by atoms with Crippen molar-refractivity contribution in [2.45, 2.75) is 52.0 Å². The Kier molecular flexibility index (Phi) is 10.6.